The van der Waals surface area contributed by atoms with E-state index in [2.05, 4.69) is 24.8 Å². The minimum absolute atomic E-state index is 0.0862. The van der Waals surface area contributed by atoms with Gasteiger partial charge in [-0.1, -0.05) is 30.7 Å². The first-order valence-corrected chi connectivity index (χ1v) is 7.71. The van der Waals surface area contributed by atoms with Gasteiger partial charge in [-0.2, -0.15) is 0 Å². The fourth-order valence-electron chi connectivity index (χ4n) is 2.95. The summed E-state index contributed by atoms with van der Waals surface area (Å²) >= 11 is 6.01. The molecule has 3 atom stereocenters. The van der Waals surface area contributed by atoms with Crippen molar-refractivity contribution in [3.63, 3.8) is 0 Å². The van der Waals surface area contributed by atoms with E-state index in [1.54, 1.807) is 0 Å². The lowest BCUT2D eigenvalue weighted by Crippen LogP contribution is -2.43. The Morgan fingerprint density at radius 3 is 2.95 bits per heavy atom. The van der Waals surface area contributed by atoms with Gasteiger partial charge in [0.15, 0.2) is 0 Å². The topological polar surface area (TPSA) is 29.3 Å². The molecule has 2 nitrogen and oxygen atoms in total. The van der Waals surface area contributed by atoms with Crippen LogP contribution in [-0.2, 0) is 0 Å². The SMILES string of the molecule is CC1CCCN(CCC(N)c2cccc(Cl)c2)C1C. The molecule has 0 saturated carbocycles. The molecule has 1 aliphatic heterocycles. The second-order valence-corrected chi connectivity index (χ2v) is 6.28. The summed E-state index contributed by atoms with van der Waals surface area (Å²) < 4.78 is 0. The first-order valence-electron chi connectivity index (χ1n) is 7.33. The van der Waals surface area contributed by atoms with Crippen LogP contribution in [0, 0.1) is 5.92 Å². The largest absolute Gasteiger partial charge is 0.324 e. The van der Waals surface area contributed by atoms with Crippen LogP contribution in [-0.4, -0.2) is 24.0 Å². The fourth-order valence-corrected chi connectivity index (χ4v) is 3.14. The maximum absolute atomic E-state index is 6.28. The van der Waals surface area contributed by atoms with Gasteiger partial charge in [0.05, 0.1) is 0 Å². The van der Waals surface area contributed by atoms with E-state index in [0.717, 1.165) is 29.5 Å². The van der Waals surface area contributed by atoms with Crippen LogP contribution in [0.3, 0.4) is 0 Å². The number of hydrogen-bond acceptors (Lipinski definition) is 2. The van der Waals surface area contributed by atoms with Gasteiger partial charge in [-0.3, -0.25) is 0 Å². The Bertz CT molecular complexity index is 407. The second-order valence-electron chi connectivity index (χ2n) is 5.85. The molecule has 0 aliphatic carbocycles. The lowest BCUT2D eigenvalue weighted by atomic mass is 9.91. The van der Waals surface area contributed by atoms with Crippen LogP contribution in [0.25, 0.3) is 0 Å². The molecular weight excluding hydrogens is 256 g/mol. The van der Waals surface area contributed by atoms with Gasteiger partial charge in [0.25, 0.3) is 0 Å². The zero-order chi connectivity index (χ0) is 13.8. The van der Waals surface area contributed by atoms with E-state index < -0.39 is 0 Å². The van der Waals surface area contributed by atoms with Gasteiger partial charge in [-0.05, 0) is 56.3 Å². The number of hydrogen-bond donors (Lipinski definition) is 1. The minimum Gasteiger partial charge on any atom is -0.324 e. The van der Waals surface area contributed by atoms with E-state index in [4.69, 9.17) is 17.3 Å². The summed E-state index contributed by atoms with van der Waals surface area (Å²) in [5.74, 6) is 0.802. The van der Waals surface area contributed by atoms with Crippen molar-refractivity contribution >= 4 is 11.6 Å². The molecule has 0 bridgehead atoms. The highest BCUT2D eigenvalue weighted by atomic mass is 35.5. The Morgan fingerprint density at radius 2 is 2.21 bits per heavy atom. The van der Waals surface area contributed by atoms with Crippen molar-refractivity contribution < 1.29 is 0 Å². The van der Waals surface area contributed by atoms with Gasteiger partial charge in [0.2, 0.25) is 0 Å². The van der Waals surface area contributed by atoms with Crippen LogP contribution in [0.2, 0.25) is 5.02 Å². The molecule has 0 aromatic heterocycles. The van der Waals surface area contributed by atoms with Crippen molar-refractivity contribution in [2.24, 2.45) is 11.7 Å². The minimum atomic E-state index is 0.0862. The van der Waals surface area contributed by atoms with E-state index >= 15 is 0 Å². The van der Waals surface area contributed by atoms with Crippen LogP contribution in [0.4, 0.5) is 0 Å². The van der Waals surface area contributed by atoms with Crippen LogP contribution in [0.5, 0.6) is 0 Å². The van der Waals surface area contributed by atoms with Gasteiger partial charge in [-0.25, -0.2) is 0 Å². The Morgan fingerprint density at radius 1 is 1.42 bits per heavy atom. The Labute approximate surface area is 121 Å². The van der Waals surface area contributed by atoms with Crippen LogP contribution in [0.15, 0.2) is 24.3 Å². The third-order valence-corrected chi connectivity index (χ3v) is 4.74. The molecule has 19 heavy (non-hydrogen) atoms. The molecule has 1 aromatic carbocycles. The molecule has 2 rings (SSSR count). The lowest BCUT2D eigenvalue weighted by molar-refractivity contribution is 0.110. The average molecular weight is 281 g/mol. The maximum Gasteiger partial charge on any atom is 0.0409 e. The number of likely N-dealkylation sites (tertiary alicyclic amines) is 1. The molecule has 1 saturated heterocycles. The monoisotopic (exact) mass is 280 g/mol. The summed E-state index contributed by atoms with van der Waals surface area (Å²) in [7, 11) is 0. The van der Waals surface area contributed by atoms with Crippen molar-refractivity contribution in [3.05, 3.63) is 34.9 Å². The van der Waals surface area contributed by atoms with E-state index in [9.17, 15) is 0 Å². The van der Waals surface area contributed by atoms with E-state index in [1.165, 1.54) is 19.4 Å². The molecule has 2 N–H and O–H groups in total. The molecule has 0 radical (unpaired) electrons. The smallest absolute Gasteiger partial charge is 0.0409 e. The molecule has 0 spiro atoms. The molecule has 106 valence electrons. The number of rotatable bonds is 4. The van der Waals surface area contributed by atoms with Crippen molar-refractivity contribution in [3.8, 4) is 0 Å². The predicted molar refractivity (Wildman–Crippen MR) is 82.4 cm³/mol. The highest BCUT2D eigenvalue weighted by Crippen LogP contribution is 2.24. The number of benzene rings is 1. The third kappa shape index (κ3) is 3.95. The summed E-state index contributed by atoms with van der Waals surface area (Å²) in [5, 5.41) is 0.771. The van der Waals surface area contributed by atoms with E-state index in [-0.39, 0.29) is 6.04 Å². The molecule has 0 amide bonds. The molecule has 1 heterocycles. The number of piperidine rings is 1. The van der Waals surface area contributed by atoms with Gasteiger partial charge in [0.1, 0.15) is 0 Å². The summed E-state index contributed by atoms with van der Waals surface area (Å²) in [6.07, 6.45) is 3.67. The Kier molecular flexibility index (Phi) is 5.26. The second kappa shape index (κ2) is 6.74. The molecular formula is C16H25ClN2. The van der Waals surface area contributed by atoms with Crippen LogP contribution in [0.1, 0.15) is 44.7 Å². The number of halogens is 1. The van der Waals surface area contributed by atoms with E-state index in [0.29, 0.717) is 6.04 Å². The normalized spacial score (nSPS) is 26.3. The van der Waals surface area contributed by atoms with Crippen molar-refractivity contribution in [1.29, 1.82) is 0 Å². The lowest BCUT2D eigenvalue weighted by Gasteiger charge is -2.38. The van der Waals surface area contributed by atoms with Gasteiger partial charge in [0, 0.05) is 23.7 Å². The molecule has 1 aliphatic rings. The molecule has 1 aromatic rings. The van der Waals surface area contributed by atoms with Crippen molar-refractivity contribution in [2.75, 3.05) is 13.1 Å². The van der Waals surface area contributed by atoms with E-state index in [1.807, 2.05) is 18.2 Å². The summed E-state index contributed by atoms with van der Waals surface area (Å²) in [6.45, 7) is 7.00. The fraction of sp³-hybridized carbons (Fsp3) is 0.625. The summed E-state index contributed by atoms with van der Waals surface area (Å²) in [5.41, 5.74) is 7.42. The van der Waals surface area contributed by atoms with Crippen LogP contribution >= 0.6 is 11.6 Å². The highest BCUT2D eigenvalue weighted by molar-refractivity contribution is 6.30. The zero-order valence-electron chi connectivity index (χ0n) is 12.0. The third-order valence-electron chi connectivity index (χ3n) is 4.51. The Hall–Kier alpha value is -0.570. The van der Waals surface area contributed by atoms with Gasteiger partial charge >= 0.3 is 0 Å². The van der Waals surface area contributed by atoms with Gasteiger partial charge in [-0.15, -0.1) is 0 Å². The molecule has 3 heteroatoms. The van der Waals surface area contributed by atoms with Crippen molar-refractivity contribution in [1.82, 2.24) is 4.90 Å². The van der Waals surface area contributed by atoms with Crippen molar-refractivity contribution in [2.45, 2.75) is 45.2 Å². The standard InChI is InChI=1S/C16H25ClN2/c1-12-5-4-9-19(13(12)2)10-8-16(18)14-6-3-7-15(17)11-14/h3,6-7,11-13,16H,4-5,8-10,18H2,1-2H3. The Balaban J connectivity index is 1.88. The first kappa shape index (κ1) is 14.8. The summed E-state index contributed by atoms with van der Waals surface area (Å²) in [4.78, 5) is 2.58. The first-order chi connectivity index (χ1) is 9.08. The van der Waals surface area contributed by atoms with Gasteiger partial charge < -0.3 is 10.6 Å². The maximum atomic E-state index is 6.28. The molecule has 1 fully saturated rings. The zero-order valence-corrected chi connectivity index (χ0v) is 12.7. The number of nitrogens with two attached hydrogens (primary N) is 1. The van der Waals surface area contributed by atoms with Crippen LogP contribution < -0.4 is 5.73 Å². The highest BCUT2D eigenvalue weighted by Gasteiger charge is 2.24. The number of nitrogens with zero attached hydrogens (tertiary/aromatic N) is 1. The quantitative estimate of drug-likeness (QED) is 0.908. The predicted octanol–water partition coefficient (Wildman–Crippen LogP) is 3.85. The molecule has 3 unspecified atom stereocenters. The summed E-state index contributed by atoms with van der Waals surface area (Å²) in [6, 6.07) is 8.69. The average Bonchev–Trinajstić information content (AvgIpc) is 2.40.